The van der Waals surface area contributed by atoms with Crippen LogP contribution >= 0.6 is 0 Å². The largest absolute Gasteiger partial charge is 0.383 e. The van der Waals surface area contributed by atoms with Gasteiger partial charge in [-0.15, -0.1) is 0 Å². The number of fused-ring (bicyclic) bond motifs is 1. The monoisotopic (exact) mass is 506 g/mol. The van der Waals surface area contributed by atoms with Crippen LogP contribution in [0.5, 0.6) is 0 Å². The summed E-state index contributed by atoms with van der Waals surface area (Å²) in [5.74, 6) is -1.89. The molecule has 0 spiro atoms. The van der Waals surface area contributed by atoms with Crippen LogP contribution in [0.3, 0.4) is 0 Å². The third-order valence-corrected chi connectivity index (χ3v) is 6.74. The fourth-order valence-electron chi connectivity index (χ4n) is 3.65. The summed E-state index contributed by atoms with van der Waals surface area (Å²) >= 11 is 0. The highest BCUT2D eigenvalue weighted by atomic mass is 32.2. The van der Waals surface area contributed by atoms with Crippen LogP contribution in [0.25, 0.3) is 22.2 Å². The smallest absolute Gasteiger partial charge is 0.282 e. The summed E-state index contributed by atoms with van der Waals surface area (Å²) in [4.78, 5) is 25.1. The number of nitrogens with zero attached hydrogens (tertiary/aromatic N) is 4. The Bertz CT molecular complexity index is 1720. The van der Waals surface area contributed by atoms with E-state index in [-0.39, 0.29) is 27.7 Å². The fraction of sp³-hybridized carbons (Fsp3) is 0. The number of anilines is 2. The second-order valence-electron chi connectivity index (χ2n) is 7.64. The van der Waals surface area contributed by atoms with Crippen molar-refractivity contribution in [2.24, 2.45) is 0 Å². The quantitative estimate of drug-likeness (QED) is 0.370. The van der Waals surface area contributed by atoms with Gasteiger partial charge in [0.25, 0.3) is 15.9 Å². The van der Waals surface area contributed by atoms with Gasteiger partial charge in [0, 0.05) is 18.0 Å². The molecule has 0 radical (unpaired) electrons. The Morgan fingerprint density at radius 3 is 2.44 bits per heavy atom. The fourth-order valence-corrected chi connectivity index (χ4v) is 4.72. The Morgan fingerprint density at radius 1 is 0.972 bits per heavy atom. The van der Waals surface area contributed by atoms with Crippen LogP contribution in [-0.4, -0.2) is 33.8 Å². The van der Waals surface area contributed by atoms with Crippen LogP contribution in [0.15, 0.2) is 84.3 Å². The second-order valence-corrected chi connectivity index (χ2v) is 9.33. The molecule has 3 heterocycles. The van der Waals surface area contributed by atoms with Gasteiger partial charge < -0.3 is 5.73 Å². The molecule has 0 atom stereocenters. The predicted octanol–water partition coefficient (Wildman–Crippen LogP) is 3.84. The maximum Gasteiger partial charge on any atom is 0.282 e. The molecule has 9 nitrogen and oxygen atoms in total. The van der Waals surface area contributed by atoms with Gasteiger partial charge >= 0.3 is 0 Å². The minimum Gasteiger partial charge on any atom is -0.383 e. The number of hydrogen-bond donors (Lipinski definition) is 2. The van der Waals surface area contributed by atoms with Gasteiger partial charge in [-0.05, 0) is 54.1 Å². The molecule has 180 valence electrons. The highest BCUT2D eigenvalue weighted by Crippen LogP contribution is 2.34. The third kappa shape index (κ3) is 4.14. The summed E-state index contributed by atoms with van der Waals surface area (Å²) in [6, 6.07) is 12.8. The first kappa shape index (κ1) is 23.1. The zero-order chi connectivity index (χ0) is 25.4. The molecular weight excluding hydrogens is 490 g/mol. The molecule has 0 bridgehead atoms. The molecule has 5 aromatic rings. The van der Waals surface area contributed by atoms with Crippen molar-refractivity contribution in [2.75, 3.05) is 10.5 Å². The third-order valence-electron chi connectivity index (χ3n) is 5.36. The number of aromatic nitrogens is 4. The number of halogens is 2. The summed E-state index contributed by atoms with van der Waals surface area (Å²) < 4.78 is 56.7. The van der Waals surface area contributed by atoms with Crippen molar-refractivity contribution in [3.63, 3.8) is 0 Å². The Morgan fingerprint density at radius 2 is 1.75 bits per heavy atom. The van der Waals surface area contributed by atoms with Crippen molar-refractivity contribution in [1.82, 2.24) is 19.5 Å². The zero-order valence-electron chi connectivity index (χ0n) is 18.3. The van der Waals surface area contributed by atoms with Gasteiger partial charge in [0.15, 0.2) is 5.65 Å². The van der Waals surface area contributed by atoms with Crippen molar-refractivity contribution in [1.29, 1.82) is 0 Å². The number of carbonyl (C=O) groups is 1. The Hall–Kier alpha value is -4.71. The summed E-state index contributed by atoms with van der Waals surface area (Å²) in [5.41, 5.74) is 6.78. The molecule has 0 saturated carbocycles. The van der Waals surface area contributed by atoms with Gasteiger partial charge in [0.2, 0.25) is 0 Å². The van der Waals surface area contributed by atoms with Gasteiger partial charge in [0.05, 0.1) is 16.0 Å². The second kappa shape index (κ2) is 8.82. The number of benzene rings is 2. The molecule has 3 aromatic heterocycles. The molecule has 5 rings (SSSR count). The first-order chi connectivity index (χ1) is 17.2. The molecule has 0 aliphatic heterocycles. The Kier molecular flexibility index (Phi) is 5.65. The van der Waals surface area contributed by atoms with Crippen LogP contribution < -0.4 is 10.5 Å². The molecule has 36 heavy (non-hydrogen) atoms. The van der Waals surface area contributed by atoms with E-state index in [4.69, 9.17) is 5.73 Å². The normalized spacial score (nSPS) is 11.5. The van der Waals surface area contributed by atoms with Gasteiger partial charge in [0.1, 0.15) is 29.5 Å². The average molecular weight is 506 g/mol. The molecule has 0 saturated heterocycles. The van der Waals surface area contributed by atoms with Crippen molar-refractivity contribution in [3.05, 3.63) is 96.7 Å². The Labute approximate surface area is 203 Å². The lowest BCUT2D eigenvalue weighted by Crippen LogP contribution is -2.14. The van der Waals surface area contributed by atoms with E-state index in [9.17, 15) is 17.6 Å². The average Bonchev–Trinajstić information content (AvgIpc) is 3.26. The summed E-state index contributed by atoms with van der Waals surface area (Å²) in [6.07, 6.45) is 4.13. The van der Waals surface area contributed by atoms with Crippen LogP contribution in [0, 0.1) is 11.6 Å². The minimum atomic E-state index is -4.16. The number of rotatable bonds is 5. The van der Waals surface area contributed by atoms with Crippen molar-refractivity contribution < 1.29 is 22.0 Å². The number of pyridine rings is 1. The van der Waals surface area contributed by atoms with E-state index in [1.54, 1.807) is 18.2 Å². The van der Waals surface area contributed by atoms with Crippen LogP contribution in [-0.2, 0) is 10.0 Å². The maximum absolute atomic E-state index is 15.0. The van der Waals surface area contributed by atoms with Gasteiger partial charge in [-0.3, -0.25) is 19.1 Å². The topological polar surface area (TPSA) is 133 Å². The lowest BCUT2D eigenvalue weighted by molar-refractivity contribution is 0.0959. The number of nitrogens with one attached hydrogen (secondary N) is 1. The number of carbonyl (C=O) groups excluding carboxylic acids is 1. The molecule has 2 aromatic carbocycles. The minimum absolute atomic E-state index is 0.0732. The molecule has 3 N–H and O–H groups in total. The van der Waals surface area contributed by atoms with E-state index < -0.39 is 27.6 Å². The lowest BCUT2D eigenvalue weighted by atomic mass is 10.1. The van der Waals surface area contributed by atoms with Crippen molar-refractivity contribution in [3.8, 4) is 11.1 Å². The van der Waals surface area contributed by atoms with Gasteiger partial charge in [-0.2, -0.15) is 0 Å². The van der Waals surface area contributed by atoms with E-state index in [2.05, 4.69) is 19.7 Å². The van der Waals surface area contributed by atoms with E-state index in [1.807, 2.05) is 0 Å². The summed E-state index contributed by atoms with van der Waals surface area (Å²) in [6.45, 7) is 0. The summed E-state index contributed by atoms with van der Waals surface area (Å²) in [7, 11) is -4.16. The first-order valence-electron chi connectivity index (χ1n) is 10.4. The maximum atomic E-state index is 15.0. The standard InChI is InChI=1S/C24H16F2N6O3S/c25-15-5-7-16(8-6-15)36(34,35)31-19-9-4-14(11-18(19)26)17-12-32(23-21(17)22(27)29-13-30-23)24(33)20-3-1-2-10-28-20/h1-13,31H,(H2,27,29,30). The number of hydrogen-bond acceptors (Lipinski definition) is 7. The Balaban J connectivity index is 1.55. The van der Waals surface area contributed by atoms with E-state index in [0.29, 0.717) is 16.5 Å². The molecule has 0 unspecified atom stereocenters. The van der Waals surface area contributed by atoms with Gasteiger partial charge in [-0.1, -0.05) is 12.1 Å². The zero-order valence-corrected chi connectivity index (χ0v) is 19.1. The molecule has 0 fully saturated rings. The van der Waals surface area contributed by atoms with E-state index >= 15 is 4.39 Å². The summed E-state index contributed by atoms with van der Waals surface area (Å²) in [5, 5.41) is 0.320. The number of nitrogen functional groups attached to an aromatic ring is 1. The van der Waals surface area contributed by atoms with Crippen molar-refractivity contribution in [2.45, 2.75) is 4.90 Å². The van der Waals surface area contributed by atoms with Gasteiger partial charge in [-0.25, -0.2) is 27.2 Å². The molecule has 0 amide bonds. The van der Waals surface area contributed by atoms with Crippen LogP contribution in [0.1, 0.15) is 10.5 Å². The molecule has 12 heteroatoms. The molecular formula is C24H16F2N6O3S. The van der Waals surface area contributed by atoms with Crippen LogP contribution in [0.4, 0.5) is 20.3 Å². The highest BCUT2D eigenvalue weighted by molar-refractivity contribution is 7.92. The number of nitrogens with two attached hydrogens (primary N) is 1. The molecule has 0 aliphatic carbocycles. The SMILES string of the molecule is Nc1ncnc2c1c(-c1ccc(NS(=O)(=O)c3ccc(F)cc3)c(F)c1)cn2C(=O)c1ccccn1. The van der Waals surface area contributed by atoms with E-state index in [1.165, 1.54) is 35.4 Å². The lowest BCUT2D eigenvalue weighted by Gasteiger charge is -2.10. The first-order valence-corrected chi connectivity index (χ1v) is 11.9. The van der Waals surface area contributed by atoms with E-state index in [0.717, 1.165) is 30.3 Å². The van der Waals surface area contributed by atoms with Crippen molar-refractivity contribution >= 4 is 38.5 Å². The molecule has 0 aliphatic rings. The highest BCUT2D eigenvalue weighted by Gasteiger charge is 2.22. The number of sulfonamides is 1. The predicted molar refractivity (Wildman–Crippen MR) is 129 cm³/mol. The van der Waals surface area contributed by atoms with Crippen LogP contribution in [0.2, 0.25) is 0 Å².